The van der Waals surface area contributed by atoms with Crippen molar-refractivity contribution in [1.82, 2.24) is 14.5 Å². The lowest BCUT2D eigenvalue weighted by Gasteiger charge is -2.49. The van der Waals surface area contributed by atoms with Crippen LogP contribution in [-0.2, 0) is 15.6 Å². The molecule has 13 heteroatoms. The Balaban J connectivity index is 1.43. The minimum absolute atomic E-state index is 0.0927. The molecule has 0 amide bonds. The zero-order valence-electron chi connectivity index (χ0n) is 21.5. The first-order valence-electron chi connectivity index (χ1n) is 12.8. The predicted octanol–water partition coefficient (Wildman–Crippen LogP) is 2.51. The standard InChI is InChI=1S/C27H25F3N5O4S/c1-27(2,36)25-31-10-15(11-32-25)17-8-14-12-35-13-20(33-19(14)9-18(17)28)24(35)34(40(37,38)16-6-7-16)21-4-3-5-22(23(21)35)39-26(29)30/h3-5,8-12,16,20,24,26,36H,6-7,13H2,1-2H3/q+1/t20-,24?,35+/m1/s1. The zero-order chi connectivity index (χ0) is 28.2. The van der Waals surface area contributed by atoms with Gasteiger partial charge in [0.2, 0.25) is 21.9 Å². The van der Waals surface area contributed by atoms with Gasteiger partial charge in [-0.2, -0.15) is 8.78 Å². The minimum Gasteiger partial charge on any atom is -0.428 e. The number of aromatic nitrogens is 2. The van der Waals surface area contributed by atoms with E-state index in [1.807, 2.05) is 0 Å². The average molecular weight is 573 g/mol. The Morgan fingerprint density at radius 3 is 2.55 bits per heavy atom. The van der Waals surface area contributed by atoms with E-state index in [0.29, 0.717) is 46.9 Å². The molecule has 9 nitrogen and oxygen atoms in total. The highest BCUT2D eigenvalue weighted by molar-refractivity contribution is 7.93. The Bertz CT molecular complexity index is 1790. The van der Waals surface area contributed by atoms with E-state index in [2.05, 4.69) is 9.97 Å². The van der Waals surface area contributed by atoms with E-state index < -0.39 is 45.5 Å². The van der Waals surface area contributed by atoms with Crippen molar-refractivity contribution < 1.29 is 31.4 Å². The van der Waals surface area contributed by atoms with Crippen molar-refractivity contribution >= 4 is 27.6 Å². The highest BCUT2D eigenvalue weighted by atomic mass is 32.2. The second-order valence-corrected chi connectivity index (χ2v) is 13.2. The van der Waals surface area contributed by atoms with Gasteiger partial charge in [0, 0.05) is 29.6 Å². The molecule has 3 aliphatic heterocycles. The molecule has 2 aromatic carbocycles. The first-order valence-corrected chi connectivity index (χ1v) is 14.3. The molecule has 1 spiro atoms. The molecule has 0 radical (unpaired) electrons. The number of alkyl halides is 2. The van der Waals surface area contributed by atoms with Gasteiger partial charge in [0.25, 0.3) is 0 Å². The number of rotatable bonds is 6. The highest BCUT2D eigenvalue weighted by Gasteiger charge is 2.69. The lowest BCUT2D eigenvalue weighted by molar-refractivity contribution is -0.0505. The second kappa shape index (κ2) is 8.24. The van der Waals surface area contributed by atoms with E-state index in [9.17, 15) is 22.3 Å². The van der Waals surface area contributed by atoms with E-state index in [4.69, 9.17) is 9.73 Å². The maximum Gasteiger partial charge on any atom is 0.387 e. The third-order valence-electron chi connectivity index (χ3n) is 7.91. The summed E-state index contributed by atoms with van der Waals surface area (Å²) in [7, 11) is -3.80. The molecule has 7 rings (SSSR count). The number of anilines is 1. The molecule has 1 aliphatic carbocycles. The van der Waals surface area contributed by atoms with Crippen LogP contribution in [0.15, 0.2) is 47.7 Å². The average Bonchev–Trinajstić information content (AvgIpc) is 3.72. The maximum absolute atomic E-state index is 15.4. The Kier molecular flexibility index (Phi) is 5.24. The monoisotopic (exact) mass is 572 g/mol. The molecule has 3 atom stereocenters. The van der Waals surface area contributed by atoms with Crippen LogP contribution in [0.4, 0.5) is 24.5 Å². The van der Waals surface area contributed by atoms with Crippen molar-refractivity contribution in [3.8, 4) is 16.9 Å². The van der Waals surface area contributed by atoms with Crippen LogP contribution < -0.4 is 24.1 Å². The normalized spacial score (nSPS) is 24.7. The molecular weight excluding hydrogens is 547 g/mol. The van der Waals surface area contributed by atoms with Crippen molar-refractivity contribution in [2.24, 2.45) is 4.99 Å². The van der Waals surface area contributed by atoms with Crippen molar-refractivity contribution in [3.05, 3.63) is 64.9 Å². The smallest absolute Gasteiger partial charge is 0.387 e. The molecular formula is C27H25F3N5O4S+. The summed E-state index contributed by atoms with van der Waals surface area (Å²) in [6, 6.07) is 6.85. The third-order valence-corrected chi connectivity index (χ3v) is 10.2. The Hall–Kier alpha value is -3.55. The lowest BCUT2D eigenvalue weighted by Crippen LogP contribution is -2.74. The van der Waals surface area contributed by atoms with Crippen molar-refractivity contribution in [2.45, 2.75) is 56.4 Å². The number of sulfonamides is 1. The molecule has 3 aromatic rings. The summed E-state index contributed by atoms with van der Waals surface area (Å²) in [6.07, 6.45) is 4.92. The molecule has 1 aromatic heterocycles. The number of ether oxygens (including phenoxy) is 1. The van der Waals surface area contributed by atoms with Gasteiger partial charge in [-0.05, 0) is 44.9 Å². The summed E-state index contributed by atoms with van der Waals surface area (Å²) in [5.74, 6) is -0.505. The van der Waals surface area contributed by atoms with E-state index in [0.717, 1.165) is 0 Å². The molecule has 2 bridgehead atoms. The van der Waals surface area contributed by atoms with Crippen LogP contribution in [0, 0.1) is 5.82 Å². The molecule has 1 N–H and O–H groups in total. The second-order valence-electron chi connectivity index (χ2n) is 11.1. The Morgan fingerprint density at radius 1 is 1.18 bits per heavy atom. The van der Waals surface area contributed by atoms with Crippen molar-refractivity contribution in [2.75, 3.05) is 10.8 Å². The van der Waals surface area contributed by atoms with Gasteiger partial charge < -0.3 is 9.84 Å². The van der Waals surface area contributed by atoms with E-state index >= 15 is 4.39 Å². The van der Waals surface area contributed by atoms with E-state index in [1.165, 1.54) is 34.9 Å². The van der Waals surface area contributed by atoms with Crippen LogP contribution in [0.1, 0.15) is 32.5 Å². The summed E-state index contributed by atoms with van der Waals surface area (Å²) < 4.78 is 75.8. The fourth-order valence-electron chi connectivity index (χ4n) is 6.03. The molecule has 1 unspecified atom stereocenters. The van der Waals surface area contributed by atoms with Gasteiger partial charge in [0.15, 0.2) is 17.6 Å². The Morgan fingerprint density at radius 2 is 1.90 bits per heavy atom. The van der Waals surface area contributed by atoms with Gasteiger partial charge in [-0.15, -0.1) is 0 Å². The van der Waals surface area contributed by atoms with Crippen LogP contribution in [0.5, 0.6) is 5.75 Å². The number of aliphatic hydroxyl groups is 1. The topological polar surface area (TPSA) is 105 Å². The van der Waals surface area contributed by atoms with Crippen LogP contribution in [0.25, 0.3) is 17.3 Å². The SMILES string of the molecule is CC(C)(O)c1ncc(-c2cc3c(cc2F)=N[C@@H]2C[N@@+]4(C=3)c3c(OC(F)F)cccc3N(S(=O)(=O)C3CC3)C24)cn1. The number of fused-ring (bicyclic) bond motifs is 4. The number of hydrogen-bond acceptors (Lipinski definition) is 7. The number of hydrogen-bond donors (Lipinski definition) is 1. The van der Waals surface area contributed by atoms with Gasteiger partial charge in [-0.3, -0.25) is 4.99 Å². The van der Waals surface area contributed by atoms with Crippen molar-refractivity contribution in [1.29, 1.82) is 0 Å². The lowest BCUT2D eigenvalue weighted by atomic mass is 10.0. The van der Waals surface area contributed by atoms with E-state index in [1.54, 1.807) is 32.2 Å². The van der Waals surface area contributed by atoms with Crippen LogP contribution in [0.3, 0.4) is 0 Å². The maximum atomic E-state index is 15.4. The summed E-state index contributed by atoms with van der Waals surface area (Å²) in [5.41, 5.74) is -0.108. The summed E-state index contributed by atoms with van der Waals surface area (Å²) in [4.78, 5) is 13.1. The van der Waals surface area contributed by atoms with Crippen LogP contribution in [0.2, 0.25) is 0 Å². The van der Waals surface area contributed by atoms with Gasteiger partial charge in [-0.25, -0.2) is 31.6 Å². The van der Waals surface area contributed by atoms with Crippen LogP contribution >= 0.6 is 0 Å². The summed E-state index contributed by atoms with van der Waals surface area (Å²) in [5, 5.41) is 10.5. The van der Waals surface area contributed by atoms with E-state index in [-0.39, 0.29) is 21.6 Å². The fraction of sp³-hybridized carbons (Fsp3) is 0.370. The van der Waals surface area contributed by atoms with Gasteiger partial charge in [-0.1, -0.05) is 6.07 Å². The third kappa shape index (κ3) is 3.60. The molecule has 1 saturated carbocycles. The fourth-order valence-corrected chi connectivity index (χ4v) is 8.11. The van der Waals surface area contributed by atoms with Gasteiger partial charge in [0.1, 0.15) is 29.9 Å². The summed E-state index contributed by atoms with van der Waals surface area (Å²) in [6.45, 7) is 0.275. The first-order chi connectivity index (χ1) is 18.9. The van der Waals surface area contributed by atoms with Gasteiger partial charge in [0.05, 0.1) is 15.8 Å². The highest BCUT2D eigenvalue weighted by Crippen LogP contribution is 2.59. The number of halogens is 3. The largest absolute Gasteiger partial charge is 0.428 e. The Labute approximate surface area is 227 Å². The molecule has 1 saturated heterocycles. The number of benzene rings is 2. The minimum atomic E-state index is -3.80. The zero-order valence-corrected chi connectivity index (χ0v) is 22.3. The van der Waals surface area contributed by atoms with Crippen LogP contribution in [-0.4, -0.2) is 54.1 Å². The number of nitrogens with zero attached hydrogens (tertiary/aromatic N) is 5. The molecule has 2 fully saturated rings. The predicted molar refractivity (Wildman–Crippen MR) is 140 cm³/mol. The number of para-hydroxylation sites is 1. The molecule has 40 heavy (non-hydrogen) atoms. The van der Waals surface area contributed by atoms with Gasteiger partial charge >= 0.3 is 6.61 Å². The molecule has 4 heterocycles. The first kappa shape index (κ1) is 25.4. The quantitative estimate of drug-likeness (QED) is 0.456. The number of quaternary nitrogens is 1. The molecule has 208 valence electrons. The van der Waals surface area contributed by atoms with Crippen molar-refractivity contribution in [3.63, 3.8) is 0 Å². The summed E-state index contributed by atoms with van der Waals surface area (Å²) >= 11 is 0. The molecule has 4 aliphatic rings.